The number of nitrogens with two attached hydrogens (primary N) is 1. The first-order valence-corrected chi connectivity index (χ1v) is 7.93. The summed E-state index contributed by atoms with van der Waals surface area (Å²) in [5.41, 5.74) is 8.63. The Kier molecular flexibility index (Phi) is 5.82. The first-order chi connectivity index (χ1) is 11.3. The van der Waals surface area contributed by atoms with Crippen molar-refractivity contribution in [3.05, 3.63) is 68.1 Å². The first-order valence-electron chi connectivity index (χ1n) is 6.76. The van der Waals surface area contributed by atoms with Gasteiger partial charge in [0.1, 0.15) is 0 Å². The van der Waals surface area contributed by atoms with Gasteiger partial charge in [-0.15, -0.1) is 0 Å². The fourth-order valence-corrected chi connectivity index (χ4v) is 2.41. The zero-order chi connectivity index (χ0) is 17.9. The van der Waals surface area contributed by atoms with Crippen LogP contribution in [0.15, 0.2) is 41.3 Å². The molecular weight excluding hydrogens is 371 g/mol. The van der Waals surface area contributed by atoms with Crippen LogP contribution >= 0.6 is 35.4 Å². The quantitative estimate of drug-likeness (QED) is 0.624. The zero-order valence-corrected chi connectivity index (χ0v) is 15.0. The molecule has 2 aromatic rings. The molecule has 126 valence electrons. The number of hydrogen-bond donors (Lipinski definition) is 2. The highest BCUT2D eigenvalue weighted by Crippen LogP contribution is 2.21. The monoisotopic (exact) mass is 384 g/mol. The van der Waals surface area contributed by atoms with Gasteiger partial charge in [0.2, 0.25) is 0 Å². The molecule has 0 radical (unpaired) electrons. The molecule has 0 saturated heterocycles. The van der Waals surface area contributed by atoms with E-state index in [2.05, 4.69) is 5.43 Å². The minimum Gasteiger partial charge on any atom is -0.375 e. The Labute approximate surface area is 153 Å². The number of carbonyl (C=O) groups excluding carboxylic acids is 1. The third kappa shape index (κ3) is 4.47. The number of hydrogen-bond acceptors (Lipinski definition) is 3. The predicted octanol–water partition coefficient (Wildman–Crippen LogP) is 2.02. The van der Waals surface area contributed by atoms with Gasteiger partial charge in [0.15, 0.2) is 5.11 Å². The van der Waals surface area contributed by atoms with E-state index in [-0.39, 0.29) is 22.8 Å². The van der Waals surface area contributed by atoms with Gasteiger partial charge >= 0.3 is 0 Å². The van der Waals surface area contributed by atoms with Crippen LogP contribution in [-0.2, 0) is 6.54 Å². The molecule has 9 heteroatoms. The summed E-state index contributed by atoms with van der Waals surface area (Å²) in [5.74, 6) is -0.443. The lowest BCUT2D eigenvalue weighted by atomic mass is 10.2. The fraction of sp³-hybridized carbons (Fsp3) is 0.133. The lowest BCUT2D eigenvalue weighted by molar-refractivity contribution is 0.0887. The van der Waals surface area contributed by atoms with Crippen LogP contribution in [0.2, 0.25) is 10.0 Å². The molecule has 1 aromatic heterocycles. The molecule has 0 aliphatic carbocycles. The van der Waals surface area contributed by atoms with E-state index >= 15 is 0 Å². The lowest BCUT2D eigenvalue weighted by Gasteiger charge is -2.18. The number of amides is 1. The van der Waals surface area contributed by atoms with Gasteiger partial charge in [-0.25, -0.2) is 0 Å². The predicted molar refractivity (Wildman–Crippen MR) is 98.3 cm³/mol. The van der Waals surface area contributed by atoms with Crippen molar-refractivity contribution in [2.75, 3.05) is 7.05 Å². The second kappa shape index (κ2) is 7.65. The highest BCUT2D eigenvalue weighted by Gasteiger charge is 2.11. The Morgan fingerprint density at radius 2 is 2.04 bits per heavy atom. The first kappa shape index (κ1) is 18.3. The highest BCUT2D eigenvalue weighted by molar-refractivity contribution is 7.80. The van der Waals surface area contributed by atoms with Crippen LogP contribution in [-0.4, -0.2) is 27.6 Å². The zero-order valence-electron chi connectivity index (χ0n) is 12.6. The molecule has 3 N–H and O–H groups in total. The number of nitrogens with zero attached hydrogens (tertiary/aromatic N) is 2. The second-order valence-corrected chi connectivity index (χ2v) is 6.22. The van der Waals surface area contributed by atoms with Crippen molar-refractivity contribution in [2.24, 2.45) is 5.73 Å². The molecule has 2 rings (SSSR count). The summed E-state index contributed by atoms with van der Waals surface area (Å²) in [7, 11) is 1.52. The summed E-state index contributed by atoms with van der Waals surface area (Å²) in [6, 6.07) is 7.73. The molecule has 1 heterocycles. The van der Waals surface area contributed by atoms with E-state index in [0.29, 0.717) is 15.6 Å². The van der Waals surface area contributed by atoms with E-state index in [9.17, 15) is 9.59 Å². The Bertz CT molecular complexity index is 854. The minimum absolute atomic E-state index is 0.0182. The normalized spacial score (nSPS) is 10.3. The summed E-state index contributed by atoms with van der Waals surface area (Å²) >= 11 is 16.7. The van der Waals surface area contributed by atoms with Crippen LogP contribution in [0.5, 0.6) is 0 Å². The van der Waals surface area contributed by atoms with Gasteiger partial charge in [0.05, 0.1) is 12.1 Å². The number of halogens is 2. The average molecular weight is 385 g/mol. The minimum atomic E-state index is -0.443. The highest BCUT2D eigenvalue weighted by atomic mass is 35.5. The van der Waals surface area contributed by atoms with Crippen molar-refractivity contribution >= 4 is 46.4 Å². The SMILES string of the molecule is CN(NC(=O)c1ccc(=O)n(Cc2ccc(Cl)cc2Cl)c1)C(N)=S. The van der Waals surface area contributed by atoms with Crippen molar-refractivity contribution in [2.45, 2.75) is 6.54 Å². The van der Waals surface area contributed by atoms with Gasteiger partial charge in [-0.2, -0.15) is 0 Å². The number of thiocarbonyl (C=S) groups is 1. The molecule has 1 aromatic carbocycles. The number of rotatable bonds is 3. The summed E-state index contributed by atoms with van der Waals surface area (Å²) in [4.78, 5) is 24.2. The van der Waals surface area contributed by atoms with E-state index < -0.39 is 5.91 Å². The third-order valence-electron chi connectivity index (χ3n) is 3.20. The van der Waals surface area contributed by atoms with Crippen LogP contribution in [0.4, 0.5) is 0 Å². The Morgan fingerprint density at radius 1 is 1.33 bits per heavy atom. The fourth-order valence-electron chi connectivity index (χ4n) is 1.89. The average Bonchev–Trinajstić information content (AvgIpc) is 2.51. The second-order valence-electron chi connectivity index (χ2n) is 4.96. The molecule has 6 nitrogen and oxygen atoms in total. The topological polar surface area (TPSA) is 80.4 Å². The number of hydrazine groups is 1. The Hall–Kier alpha value is -2.09. The summed E-state index contributed by atoms with van der Waals surface area (Å²) in [5, 5.41) is 2.18. The van der Waals surface area contributed by atoms with Crippen LogP contribution < -0.4 is 16.7 Å². The maximum atomic E-state index is 12.2. The van der Waals surface area contributed by atoms with E-state index in [1.165, 1.54) is 35.0 Å². The molecule has 0 unspecified atom stereocenters. The summed E-state index contributed by atoms with van der Waals surface area (Å²) in [6.07, 6.45) is 1.44. The smallest absolute Gasteiger partial charge is 0.271 e. The Morgan fingerprint density at radius 3 is 2.67 bits per heavy atom. The molecule has 1 amide bonds. The largest absolute Gasteiger partial charge is 0.375 e. The molecule has 0 bridgehead atoms. The van der Waals surface area contributed by atoms with E-state index in [1.54, 1.807) is 18.2 Å². The van der Waals surface area contributed by atoms with Crippen molar-refractivity contribution in [1.29, 1.82) is 0 Å². The number of carbonyl (C=O) groups is 1. The van der Waals surface area contributed by atoms with Crippen LogP contribution in [0.3, 0.4) is 0 Å². The molecule has 0 atom stereocenters. The summed E-state index contributed by atoms with van der Waals surface area (Å²) in [6.45, 7) is 0.209. The van der Waals surface area contributed by atoms with Gasteiger partial charge in [-0.3, -0.25) is 20.0 Å². The standard InChI is InChI=1S/C15H14Cl2N4O2S/c1-20(15(18)24)19-14(23)10-3-5-13(22)21(8-10)7-9-2-4-11(16)6-12(9)17/h2-6,8H,7H2,1H3,(H2,18,24)(H,19,23). The van der Waals surface area contributed by atoms with Crippen LogP contribution in [0, 0.1) is 0 Å². The molecule has 24 heavy (non-hydrogen) atoms. The van der Waals surface area contributed by atoms with Gasteiger partial charge in [-0.1, -0.05) is 29.3 Å². The summed E-state index contributed by atoms with van der Waals surface area (Å²) < 4.78 is 1.38. The molecule has 0 saturated carbocycles. The van der Waals surface area contributed by atoms with E-state index in [4.69, 9.17) is 41.2 Å². The maximum absolute atomic E-state index is 12.2. The van der Waals surface area contributed by atoms with E-state index in [1.807, 2.05) is 0 Å². The molecule has 0 fully saturated rings. The van der Waals surface area contributed by atoms with Crippen molar-refractivity contribution in [1.82, 2.24) is 15.0 Å². The van der Waals surface area contributed by atoms with Crippen LogP contribution in [0.25, 0.3) is 0 Å². The molecule has 0 aliphatic rings. The van der Waals surface area contributed by atoms with Crippen molar-refractivity contribution in [3.8, 4) is 0 Å². The van der Waals surface area contributed by atoms with Crippen molar-refractivity contribution < 1.29 is 4.79 Å². The van der Waals surface area contributed by atoms with Gasteiger partial charge in [0, 0.05) is 29.4 Å². The van der Waals surface area contributed by atoms with E-state index in [0.717, 1.165) is 0 Å². The number of pyridine rings is 1. The Balaban J connectivity index is 2.27. The van der Waals surface area contributed by atoms with Gasteiger partial charge in [0.25, 0.3) is 11.5 Å². The number of nitrogens with one attached hydrogen (secondary N) is 1. The molecule has 0 aliphatic heterocycles. The van der Waals surface area contributed by atoms with Crippen LogP contribution in [0.1, 0.15) is 15.9 Å². The molecular formula is C15H14Cl2N4O2S. The van der Waals surface area contributed by atoms with Gasteiger partial charge in [-0.05, 0) is 36.0 Å². The van der Waals surface area contributed by atoms with Crippen molar-refractivity contribution in [3.63, 3.8) is 0 Å². The lowest BCUT2D eigenvalue weighted by Crippen LogP contribution is -2.46. The maximum Gasteiger partial charge on any atom is 0.271 e. The van der Waals surface area contributed by atoms with Gasteiger partial charge < -0.3 is 10.3 Å². The number of benzene rings is 1. The number of aromatic nitrogens is 1. The molecule has 0 spiro atoms. The third-order valence-corrected chi connectivity index (χ3v) is 4.06.